The Morgan fingerprint density at radius 1 is 1.07 bits per heavy atom. The van der Waals surface area contributed by atoms with Gasteiger partial charge in [-0.1, -0.05) is 35.9 Å². The normalized spacial score (nSPS) is 28.2. The van der Waals surface area contributed by atoms with E-state index in [2.05, 4.69) is 0 Å². The van der Waals surface area contributed by atoms with Gasteiger partial charge in [0.25, 0.3) is 0 Å². The van der Waals surface area contributed by atoms with Gasteiger partial charge in [-0.15, -0.1) is 0 Å². The molecule has 1 heterocycles. The number of rotatable bonds is 5. The van der Waals surface area contributed by atoms with E-state index in [0.717, 1.165) is 28.9 Å². The molecule has 2 aliphatic rings. The van der Waals surface area contributed by atoms with Gasteiger partial charge < -0.3 is 24.8 Å². The number of benzene rings is 2. The Labute approximate surface area is 175 Å². The van der Waals surface area contributed by atoms with Crippen molar-refractivity contribution in [3.05, 3.63) is 64.2 Å². The van der Waals surface area contributed by atoms with Crippen LogP contribution in [0.5, 0.6) is 5.75 Å². The lowest BCUT2D eigenvalue weighted by Crippen LogP contribution is -2.64. The van der Waals surface area contributed by atoms with E-state index in [9.17, 15) is 15.3 Å². The maximum atomic E-state index is 10.6. The first kappa shape index (κ1) is 20.6. The Bertz CT molecular complexity index is 849. The minimum Gasteiger partial charge on any atom is -0.494 e. The Morgan fingerprint density at radius 2 is 1.79 bits per heavy atom. The van der Waals surface area contributed by atoms with Gasteiger partial charge in [-0.3, -0.25) is 0 Å². The summed E-state index contributed by atoms with van der Waals surface area (Å²) in [4.78, 5) is 0. The van der Waals surface area contributed by atoms with Crippen LogP contribution in [0.15, 0.2) is 42.5 Å². The number of aliphatic hydroxyl groups is 3. The zero-order valence-electron chi connectivity index (χ0n) is 16.4. The Morgan fingerprint density at radius 3 is 2.41 bits per heavy atom. The second kappa shape index (κ2) is 8.25. The highest BCUT2D eigenvalue weighted by Gasteiger charge is 2.56. The van der Waals surface area contributed by atoms with Crippen molar-refractivity contribution < 1.29 is 24.8 Å². The fraction of sp³-hybridized carbons (Fsp3) is 0.478. The summed E-state index contributed by atoms with van der Waals surface area (Å²) in [6.07, 6.45) is -1.28. The van der Waals surface area contributed by atoms with Crippen LogP contribution in [0.3, 0.4) is 0 Å². The van der Waals surface area contributed by atoms with Crippen LogP contribution >= 0.6 is 11.6 Å². The number of ether oxygens (including phenoxy) is 2. The number of hydrogen-bond acceptors (Lipinski definition) is 5. The molecule has 29 heavy (non-hydrogen) atoms. The number of hydrogen-bond donors (Lipinski definition) is 3. The first-order chi connectivity index (χ1) is 13.9. The summed E-state index contributed by atoms with van der Waals surface area (Å²) < 4.78 is 11.6. The molecule has 2 fully saturated rings. The highest BCUT2D eigenvalue weighted by molar-refractivity contribution is 6.31. The van der Waals surface area contributed by atoms with Gasteiger partial charge in [-0.25, -0.2) is 0 Å². The van der Waals surface area contributed by atoms with Crippen LogP contribution in [0.1, 0.15) is 49.0 Å². The minimum absolute atomic E-state index is 0.623. The van der Waals surface area contributed by atoms with Crippen molar-refractivity contribution in [3.8, 4) is 5.75 Å². The molecule has 1 aliphatic carbocycles. The van der Waals surface area contributed by atoms with E-state index in [0.29, 0.717) is 30.9 Å². The van der Waals surface area contributed by atoms with Crippen molar-refractivity contribution in [2.45, 2.75) is 62.6 Å². The highest BCUT2D eigenvalue weighted by Crippen LogP contribution is 2.48. The molecule has 1 aliphatic heterocycles. The van der Waals surface area contributed by atoms with Crippen molar-refractivity contribution in [2.24, 2.45) is 0 Å². The second-order valence-corrected chi connectivity index (χ2v) is 8.39. The standard InChI is InChI=1S/C23H27ClO5/c1-2-28-17-7-4-14(5-8-17)12-16-13-15(6-9-18(16)24)21-19(25)20(26)22(27)23(29-21)10-3-11-23/h4-9,13,19-22,25-27H,2-3,10-12H2,1H3/t19-,20-,21+,22+/m1/s1. The first-order valence-corrected chi connectivity index (χ1v) is 10.5. The van der Waals surface area contributed by atoms with Crippen LogP contribution in [0.25, 0.3) is 0 Å². The summed E-state index contributed by atoms with van der Waals surface area (Å²) in [7, 11) is 0. The van der Waals surface area contributed by atoms with Gasteiger partial charge >= 0.3 is 0 Å². The zero-order valence-corrected chi connectivity index (χ0v) is 17.2. The molecular weight excluding hydrogens is 392 g/mol. The van der Waals surface area contributed by atoms with Crippen LogP contribution in [0.2, 0.25) is 5.02 Å². The van der Waals surface area contributed by atoms with Crippen LogP contribution in [-0.2, 0) is 11.2 Å². The van der Waals surface area contributed by atoms with Crippen molar-refractivity contribution in [2.75, 3.05) is 6.61 Å². The lowest BCUT2D eigenvalue weighted by atomic mass is 9.70. The molecule has 3 N–H and O–H groups in total. The van der Waals surface area contributed by atoms with E-state index in [1.54, 1.807) is 6.07 Å². The second-order valence-electron chi connectivity index (χ2n) is 7.99. The predicted octanol–water partition coefficient (Wildman–Crippen LogP) is 3.41. The Kier molecular flexibility index (Phi) is 5.87. The van der Waals surface area contributed by atoms with E-state index in [1.165, 1.54) is 0 Å². The lowest BCUT2D eigenvalue weighted by Gasteiger charge is -2.53. The molecule has 0 bridgehead atoms. The van der Waals surface area contributed by atoms with Gasteiger partial charge in [0.1, 0.15) is 30.2 Å². The summed E-state index contributed by atoms with van der Waals surface area (Å²) >= 11 is 6.43. The molecule has 0 aromatic heterocycles. The van der Waals surface area contributed by atoms with Crippen molar-refractivity contribution in [1.82, 2.24) is 0 Å². The molecule has 4 atom stereocenters. The monoisotopic (exact) mass is 418 g/mol. The first-order valence-electron chi connectivity index (χ1n) is 10.2. The van der Waals surface area contributed by atoms with Crippen LogP contribution in [0.4, 0.5) is 0 Å². The molecule has 156 valence electrons. The van der Waals surface area contributed by atoms with E-state index in [1.807, 2.05) is 43.3 Å². The van der Waals surface area contributed by atoms with Gasteiger partial charge in [0.05, 0.1) is 12.2 Å². The van der Waals surface area contributed by atoms with E-state index >= 15 is 0 Å². The average molecular weight is 419 g/mol. The maximum absolute atomic E-state index is 10.6. The SMILES string of the molecule is CCOc1ccc(Cc2cc([C@@H]3OC4(CCC4)[C@@H](O)[C@H](O)[C@H]3O)ccc2Cl)cc1. The molecule has 1 saturated heterocycles. The quantitative estimate of drug-likeness (QED) is 0.693. The van der Waals surface area contributed by atoms with E-state index in [4.69, 9.17) is 21.1 Å². The molecule has 0 unspecified atom stereocenters. The van der Waals surface area contributed by atoms with Gasteiger partial charge in [0.15, 0.2) is 0 Å². The van der Waals surface area contributed by atoms with Crippen molar-refractivity contribution in [1.29, 1.82) is 0 Å². The third-order valence-electron chi connectivity index (χ3n) is 6.11. The van der Waals surface area contributed by atoms with E-state index < -0.39 is 30.0 Å². The minimum atomic E-state index is -1.24. The molecule has 0 amide bonds. The van der Waals surface area contributed by atoms with Gasteiger partial charge in [-0.2, -0.15) is 0 Å². The van der Waals surface area contributed by atoms with Gasteiger partial charge in [0.2, 0.25) is 0 Å². The summed E-state index contributed by atoms with van der Waals surface area (Å²) in [5.74, 6) is 0.827. The molecule has 4 rings (SSSR count). The molecule has 6 heteroatoms. The third kappa shape index (κ3) is 3.90. The summed E-state index contributed by atoms with van der Waals surface area (Å²) in [6.45, 7) is 2.57. The molecule has 5 nitrogen and oxygen atoms in total. The van der Waals surface area contributed by atoms with Gasteiger partial charge in [0, 0.05) is 5.02 Å². The van der Waals surface area contributed by atoms with E-state index in [-0.39, 0.29) is 0 Å². The third-order valence-corrected chi connectivity index (χ3v) is 6.48. The Hall–Kier alpha value is -1.63. The van der Waals surface area contributed by atoms with Crippen LogP contribution in [-0.4, -0.2) is 45.8 Å². The number of aliphatic hydroxyl groups excluding tert-OH is 3. The van der Waals surface area contributed by atoms with Crippen molar-refractivity contribution >= 4 is 11.6 Å². The van der Waals surface area contributed by atoms with Crippen LogP contribution < -0.4 is 4.74 Å². The van der Waals surface area contributed by atoms with Crippen LogP contribution in [0, 0.1) is 0 Å². The average Bonchev–Trinajstić information content (AvgIpc) is 2.69. The lowest BCUT2D eigenvalue weighted by molar-refractivity contribution is -0.293. The molecule has 2 aromatic rings. The fourth-order valence-electron chi connectivity index (χ4n) is 4.27. The van der Waals surface area contributed by atoms with Gasteiger partial charge in [-0.05, 0) is 67.5 Å². The molecule has 1 saturated carbocycles. The largest absolute Gasteiger partial charge is 0.494 e. The summed E-state index contributed by atoms with van der Waals surface area (Å²) in [6, 6.07) is 13.4. The number of halogens is 1. The summed E-state index contributed by atoms with van der Waals surface area (Å²) in [5, 5.41) is 32.0. The topological polar surface area (TPSA) is 79.2 Å². The maximum Gasteiger partial charge on any atom is 0.119 e. The smallest absolute Gasteiger partial charge is 0.119 e. The molecule has 2 aromatic carbocycles. The predicted molar refractivity (Wildman–Crippen MR) is 110 cm³/mol. The zero-order chi connectivity index (χ0) is 20.6. The summed E-state index contributed by atoms with van der Waals surface area (Å²) in [5.41, 5.74) is 1.98. The Balaban J connectivity index is 1.57. The van der Waals surface area contributed by atoms with Crippen molar-refractivity contribution in [3.63, 3.8) is 0 Å². The highest BCUT2D eigenvalue weighted by atomic mass is 35.5. The fourth-order valence-corrected chi connectivity index (χ4v) is 4.46. The molecule has 0 radical (unpaired) electrons. The molecule has 1 spiro atoms. The molecular formula is C23H27ClO5.